The normalized spacial score (nSPS) is 14.9. The minimum atomic E-state index is -0.661. The van der Waals surface area contributed by atoms with Gasteiger partial charge in [0, 0.05) is 6.07 Å². The van der Waals surface area contributed by atoms with Crippen LogP contribution in [0.3, 0.4) is 0 Å². The second-order valence-corrected chi connectivity index (χ2v) is 11.0. The monoisotopic (exact) mass is 546 g/mol. The third-order valence-corrected chi connectivity index (χ3v) is 7.98. The van der Waals surface area contributed by atoms with Crippen LogP contribution in [0.15, 0.2) is 75.5 Å². The van der Waals surface area contributed by atoms with E-state index in [2.05, 4.69) is 10.3 Å². The summed E-state index contributed by atoms with van der Waals surface area (Å²) < 4.78 is 1.66. The van der Waals surface area contributed by atoms with Crippen molar-refractivity contribution in [1.82, 2.24) is 10.3 Å². The Balaban J connectivity index is 1.49. The second kappa shape index (κ2) is 9.85. The molecule has 4 aromatic rings. The van der Waals surface area contributed by atoms with Crippen LogP contribution in [0.1, 0.15) is 16.7 Å². The van der Waals surface area contributed by atoms with E-state index in [9.17, 15) is 19.7 Å². The van der Waals surface area contributed by atoms with E-state index in [0.717, 1.165) is 21.3 Å². The maximum Gasteiger partial charge on any atom is 0.283 e. The summed E-state index contributed by atoms with van der Waals surface area (Å²) >= 11 is 7.92. The van der Waals surface area contributed by atoms with Crippen LogP contribution in [0, 0.1) is 24.0 Å². The van der Waals surface area contributed by atoms with Crippen molar-refractivity contribution in [3.05, 3.63) is 93.0 Å². The van der Waals surface area contributed by atoms with E-state index in [4.69, 9.17) is 12.2 Å². The number of hydrogen-bond donors (Lipinski definition) is 1. The third-order valence-electron chi connectivity index (χ3n) is 5.53. The number of aryl methyl sites for hydroxylation is 2. The number of nitro groups is 1. The molecule has 2 heterocycles. The highest BCUT2D eigenvalue weighted by Crippen LogP contribution is 2.39. The lowest BCUT2D eigenvalue weighted by atomic mass is 10.1. The summed E-state index contributed by atoms with van der Waals surface area (Å²) in [5, 5.41) is 14.4. The van der Waals surface area contributed by atoms with Gasteiger partial charge in [0.05, 0.1) is 25.7 Å². The molecule has 1 saturated heterocycles. The van der Waals surface area contributed by atoms with Crippen LogP contribution in [-0.2, 0) is 9.59 Å². The number of rotatable bonds is 5. The zero-order chi connectivity index (χ0) is 26.3. The van der Waals surface area contributed by atoms with E-state index in [1.54, 1.807) is 24.3 Å². The van der Waals surface area contributed by atoms with Crippen molar-refractivity contribution in [3.63, 3.8) is 0 Å². The molecule has 0 unspecified atom stereocenters. The third kappa shape index (κ3) is 5.01. The molecular weight excluding hydrogens is 529 g/mol. The van der Waals surface area contributed by atoms with Crippen molar-refractivity contribution in [2.24, 2.45) is 0 Å². The number of nitro benzene ring substituents is 1. The molecule has 0 radical (unpaired) electrons. The van der Waals surface area contributed by atoms with Gasteiger partial charge in [0.25, 0.3) is 17.5 Å². The van der Waals surface area contributed by atoms with Crippen LogP contribution >= 0.6 is 35.3 Å². The summed E-state index contributed by atoms with van der Waals surface area (Å²) in [5.41, 5.74) is 3.25. The molecule has 8 nitrogen and oxygen atoms in total. The zero-order valence-electron chi connectivity index (χ0n) is 19.6. The Labute approximate surface area is 225 Å². The van der Waals surface area contributed by atoms with Gasteiger partial charge in [-0.05, 0) is 79.2 Å². The van der Waals surface area contributed by atoms with Gasteiger partial charge in [0.1, 0.15) is 5.57 Å². The Morgan fingerprint density at radius 2 is 1.81 bits per heavy atom. The highest BCUT2D eigenvalue weighted by molar-refractivity contribution is 8.01. The summed E-state index contributed by atoms with van der Waals surface area (Å²) in [7, 11) is 0. The average molecular weight is 547 g/mol. The maximum absolute atomic E-state index is 13.4. The minimum Gasteiger partial charge on any atom is -0.298 e. The summed E-state index contributed by atoms with van der Waals surface area (Å²) in [4.78, 5) is 43.6. The Hall–Kier alpha value is -3.93. The Bertz CT molecular complexity index is 1610. The van der Waals surface area contributed by atoms with Crippen LogP contribution in [0.5, 0.6) is 0 Å². The van der Waals surface area contributed by atoms with E-state index >= 15 is 0 Å². The van der Waals surface area contributed by atoms with Crippen LogP contribution in [0.4, 0.5) is 11.4 Å². The molecule has 184 valence electrons. The van der Waals surface area contributed by atoms with Gasteiger partial charge >= 0.3 is 0 Å². The predicted octanol–water partition coefficient (Wildman–Crippen LogP) is 5.80. The minimum absolute atomic E-state index is 0.0225. The van der Waals surface area contributed by atoms with Crippen molar-refractivity contribution >= 4 is 79.9 Å². The van der Waals surface area contributed by atoms with E-state index < -0.39 is 16.7 Å². The topological polar surface area (TPSA) is 105 Å². The Morgan fingerprint density at radius 1 is 1.08 bits per heavy atom. The molecular formula is C26H18N4O4S3. The molecule has 1 N–H and O–H groups in total. The van der Waals surface area contributed by atoms with E-state index in [-0.39, 0.29) is 16.4 Å². The van der Waals surface area contributed by atoms with Gasteiger partial charge in [-0.25, -0.2) is 4.98 Å². The SMILES string of the molecule is Cc1cc(C)cc(N2C(=O)/C(=C/c3ccc(Sc4nc5ccccc5s4)c([N+](=O)[O-])c3)C(=O)NC2=S)c1. The average Bonchev–Trinajstić information content (AvgIpc) is 3.24. The van der Waals surface area contributed by atoms with Crippen molar-refractivity contribution in [3.8, 4) is 0 Å². The molecule has 11 heteroatoms. The Morgan fingerprint density at radius 3 is 2.51 bits per heavy atom. The number of benzene rings is 3. The molecule has 2 amide bonds. The lowest BCUT2D eigenvalue weighted by Gasteiger charge is -2.29. The molecule has 1 fully saturated rings. The smallest absolute Gasteiger partial charge is 0.283 e. The van der Waals surface area contributed by atoms with Crippen LogP contribution in [0.25, 0.3) is 16.3 Å². The van der Waals surface area contributed by atoms with Gasteiger partial charge in [-0.3, -0.25) is 29.9 Å². The van der Waals surface area contributed by atoms with Gasteiger partial charge in [-0.2, -0.15) is 0 Å². The first-order valence-electron chi connectivity index (χ1n) is 11.0. The number of anilines is 1. The summed E-state index contributed by atoms with van der Waals surface area (Å²) in [6.07, 6.45) is 1.34. The Kier molecular flexibility index (Phi) is 6.59. The fourth-order valence-electron chi connectivity index (χ4n) is 3.98. The number of thiazole rings is 1. The molecule has 1 aliphatic rings. The number of hydrogen-bond acceptors (Lipinski definition) is 8. The molecule has 0 bridgehead atoms. The van der Waals surface area contributed by atoms with E-state index in [1.807, 2.05) is 44.2 Å². The first-order valence-corrected chi connectivity index (χ1v) is 13.1. The number of fused-ring (bicyclic) bond motifs is 1. The number of carbonyl (C=O) groups is 2. The summed E-state index contributed by atoms with van der Waals surface area (Å²) in [5.74, 6) is -1.26. The molecule has 3 aromatic carbocycles. The fourth-order valence-corrected chi connectivity index (χ4v) is 6.37. The zero-order valence-corrected chi connectivity index (χ0v) is 22.0. The molecule has 0 aliphatic carbocycles. The first-order chi connectivity index (χ1) is 17.7. The van der Waals surface area contributed by atoms with Crippen LogP contribution < -0.4 is 10.2 Å². The lowest BCUT2D eigenvalue weighted by Crippen LogP contribution is -2.54. The second-order valence-electron chi connectivity index (χ2n) is 8.34. The molecule has 37 heavy (non-hydrogen) atoms. The largest absolute Gasteiger partial charge is 0.298 e. The van der Waals surface area contributed by atoms with Crippen molar-refractivity contribution in [2.45, 2.75) is 23.1 Å². The quantitative estimate of drug-likeness (QED) is 0.111. The molecule has 0 saturated carbocycles. The summed E-state index contributed by atoms with van der Waals surface area (Å²) in [6.45, 7) is 3.80. The van der Waals surface area contributed by atoms with Gasteiger partial charge in [-0.15, -0.1) is 11.3 Å². The molecule has 5 rings (SSSR count). The fraction of sp³-hybridized carbons (Fsp3) is 0.0769. The number of para-hydroxylation sites is 1. The van der Waals surface area contributed by atoms with Crippen LogP contribution in [-0.4, -0.2) is 26.8 Å². The van der Waals surface area contributed by atoms with Crippen LogP contribution in [0.2, 0.25) is 0 Å². The van der Waals surface area contributed by atoms with Gasteiger partial charge < -0.3 is 0 Å². The number of nitrogens with zero attached hydrogens (tertiary/aromatic N) is 3. The van der Waals surface area contributed by atoms with E-state index in [0.29, 0.717) is 20.5 Å². The van der Waals surface area contributed by atoms with Gasteiger partial charge in [0.2, 0.25) is 0 Å². The number of carbonyl (C=O) groups excluding carboxylic acids is 2. The molecule has 1 aromatic heterocycles. The summed E-state index contributed by atoms with van der Waals surface area (Å²) in [6, 6.07) is 17.8. The first kappa shape index (κ1) is 24.8. The number of thiocarbonyl (C=S) groups is 1. The highest BCUT2D eigenvalue weighted by Gasteiger charge is 2.34. The standard InChI is InChI=1S/C26H18N4O4S3/c1-14-9-15(2)11-17(10-14)29-24(32)18(23(31)28-25(29)35)12-16-7-8-22(20(13-16)30(33)34)37-26-27-19-5-3-4-6-21(19)36-26/h3-13H,1-2H3,(H,28,31,35)/b18-12+. The van der Waals surface area contributed by atoms with Gasteiger partial charge in [0.15, 0.2) is 9.45 Å². The number of aromatic nitrogens is 1. The van der Waals surface area contributed by atoms with Crippen molar-refractivity contribution < 1.29 is 14.5 Å². The van der Waals surface area contributed by atoms with Crippen molar-refractivity contribution in [2.75, 3.05) is 4.90 Å². The molecule has 1 aliphatic heterocycles. The predicted molar refractivity (Wildman–Crippen MR) is 149 cm³/mol. The number of nitrogens with one attached hydrogen (secondary N) is 1. The molecule has 0 atom stereocenters. The maximum atomic E-state index is 13.4. The molecule has 0 spiro atoms. The highest BCUT2D eigenvalue weighted by atomic mass is 32.2. The number of amides is 2. The van der Waals surface area contributed by atoms with Gasteiger partial charge in [-0.1, -0.05) is 36.0 Å². The van der Waals surface area contributed by atoms with E-state index in [1.165, 1.54) is 40.1 Å². The lowest BCUT2D eigenvalue weighted by molar-refractivity contribution is -0.387. The van der Waals surface area contributed by atoms with Crippen molar-refractivity contribution in [1.29, 1.82) is 0 Å².